The van der Waals surface area contributed by atoms with Gasteiger partial charge in [0.15, 0.2) is 0 Å². The fourth-order valence-corrected chi connectivity index (χ4v) is 3.67. The summed E-state index contributed by atoms with van der Waals surface area (Å²) in [7, 11) is 0. The normalized spacial score (nSPS) is 19.3. The first kappa shape index (κ1) is 17.0. The summed E-state index contributed by atoms with van der Waals surface area (Å²) in [5.74, 6) is 1.54. The van der Waals surface area contributed by atoms with Crippen LogP contribution in [-0.2, 0) is 13.0 Å². The van der Waals surface area contributed by atoms with Gasteiger partial charge in [-0.1, -0.05) is 12.1 Å². The van der Waals surface area contributed by atoms with Crippen molar-refractivity contribution in [1.82, 2.24) is 20.2 Å². The molecular formula is C20H24N4O2. The summed E-state index contributed by atoms with van der Waals surface area (Å²) in [5, 5.41) is 3.44. The van der Waals surface area contributed by atoms with Gasteiger partial charge in [-0.3, -0.25) is 4.79 Å². The summed E-state index contributed by atoms with van der Waals surface area (Å²) in [6.07, 6.45) is 4.93. The average molecular weight is 352 g/mol. The van der Waals surface area contributed by atoms with E-state index in [0.29, 0.717) is 31.0 Å². The Labute approximate surface area is 153 Å². The first-order valence-electron chi connectivity index (χ1n) is 9.35. The Morgan fingerprint density at radius 2 is 2.27 bits per heavy atom. The molecule has 0 bridgehead atoms. The van der Waals surface area contributed by atoms with E-state index in [4.69, 9.17) is 9.72 Å². The van der Waals surface area contributed by atoms with Gasteiger partial charge in [-0.25, -0.2) is 9.97 Å². The molecule has 1 saturated heterocycles. The highest BCUT2D eigenvalue weighted by Gasteiger charge is 2.26. The molecule has 0 unspecified atom stereocenters. The predicted molar refractivity (Wildman–Crippen MR) is 98.1 cm³/mol. The lowest BCUT2D eigenvalue weighted by atomic mass is 10.0. The summed E-state index contributed by atoms with van der Waals surface area (Å²) < 4.78 is 5.61. The lowest BCUT2D eigenvalue weighted by Crippen LogP contribution is -2.37. The molecule has 0 aliphatic carbocycles. The number of nitrogens with one attached hydrogen (secondary N) is 1. The minimum Gasteiger partial charge on any atom is -0.493 e. The molecule has 1 aromatic carbocycles. The Balaban J connectivity index is 1.52. The largest absolute Gasteiger partial charge is 0.493 e. The molecule has 6 heteroatoms. The standard InChI is InChI=1S/C20H24N4O2/c1-2-26-18-8-4-3-6-15(18)20(25)24-11-9-16-14(13-24)12-22-19(23-16)17-7-5-10-21-17/h3-4,6,8,12,17,21H,2,5,7,9-11,13H2,1H3/t17-/m0/s1. The third-order valence-electron chi connectivity index (χ3n) is 5.03. The van der Waals surface area contributed by atoms with E-state index in [1.54, 1.807) is 0 Å². The van der Waals surface area contributed by atoms with Gasteiger partial charge in [-0.15, -0.1) is 0 Å². The SMILES string of the molecule is CCOc1ccccc1C(=O)N1CCc2nc([C@@H]3CCCN3)ncc2C1. The highest BCUT2D eigenvalue weighted by atomic mass is 16.5. The minimum absolute atomic E-state index is 0.00114. The van der Waals surface area contributed by atoms with Crippen LogP contribution in [0, 0.1) is 0 Å². The number of carbonyl (C=O) groups excluding carboxylic acids is 1. The highest BCUT2D eigenvalue weighted by molar-refractivity contribution is 5.97. The van der Waals surface area contributed by atoms with Crippen molar-refractivity contribution in [1.29, 1.82) is 0 Å². The molecule has 6 nitrogen and oxygen atoms in total. The van der Waals surface area contributed by atoms with Gasteiger partial charge in [0, 0.05) is 31.3 Å². The van der Waals surface area contributed by atoms with Crippen LogP contribution in [0.25, 0.3) is 0 Å². The summed E-state index contributed by atoms with van der Waals surface area (Å²) in [4.78, 5) is 24.2. The zero-order chi connectivity index (χ0) is 17.9. The molecule has 4 rings (SSSR count). The number of hydrogen-bond acceptors (Lipinski definition) is 5. The molecule has 2 aromatic rings. The Morgan fingerprint density at radius 3 is 3.08 bits per heavy atom. The average Bonchev–Trinajstić information content (AvgIpc) is 3.22. The number of rotatable bonds is 4. The fraction of sp³-hybridized carbons (Fsp3) is 0.450. The van der Waals surface area contributed by atoms with Crippen molar-refractivity contribution in [3.63, 3.8) is 0 Å². The van der Waals surface area contributed by atoms with E-state index in [1.807, 2.05) is 42.3 Å². The molecule has 1 aromatic heterocycles. The van der Waals surface area contributed by atoms with Crippen LogP contribution in [0.4, 0.5) is 0 Å². The van der Waals surface area contributed by atoms with E-state index in [0.717, 1.165) is 36.5 Å². The number of nitrogens with zero attached hydrogens (tertiary/aromatic N) is 3. The van der Waals surface area contributed by atoms with Crippen LogP contribution in [0.1, 0.15) is 53.2 Å². The van der Waals surface area contributed by atoms with Crippen molar-refractivity contribution < 1.29 is 9.53 Å². The number of para-hydroxylation sites is 1. The zero-order valence-corrected chi connectivity index (χ0v) is 15.1. The molecule has 3 heterocycles. The fourth-order valence-electron chi connectivity index (χ4n) is 3.67. The molecule has 1 atom stereocenters. The second-order valence-corrected chi connectivity index (χ2v) is 6.75. The van der Waals surface area contributed by atoms with Crippen molar-refractivity contribution >= 4 is 5.91 Å². The Morgan fingerprint density at radius 1 is 1.38 bits per heavy atom. The molecule has 2 aliphatic rings. The first-order chi connectivity index (χ1) is 12.8. The summed E-state index contributed by atoms with van der Waals surface area (Å²) in [6, 6.07) is 7.71. The summed E-state index contributed by atoms with van der Waals surface area (Å²) in [6.45, 7) is 4.71. The van der Waals surface area contributed by atoms with E-state index < -0.39 is 0 Å². The van der Waals surface area contributed by atoms with Gasteiger partial charge in [-0.05, 0) is 38.4 Å². The van der Waals surface area contributed by atoms with E-state index >= 15 is 0 Å². The third-order valence-corrected chi connectivity index (χ3v) is 5.03. The van der Waals surface area contributed by atoms with Crippen LogP contribution in [-0.4, -0.2) is 40.5 Å². The van der Waals surface area contributed by atoms with Crippen molar-refractivity contribution in [3.05, 3.63) is 53.1 Å². The van der Waals surface area contributed by atoms with Crippen LogP contribution in [0.2, 0.25) is 0 Å². The van der Waals surface area contributed by atoms with Crippen LogP contribution in [0.5, 0.6) is 5.75 Å². The predicted octanol–water partition coefficient (Wildman–Crippen LogP) is 2.50. The topological polar surface area (TPSA) is 67.3 Å². The number of aromatic nitrogens is 2. The number of ether oxygens (including phenoxy) is 1. The van der Waals surface area contributed by atoms with Crippen molar-refractivity contribution in [3.8, 4) is 5.75 Å². The lowest BCUT2D eigenvalue weighted by molar-refractivity contribution is 0.0729. The quantitative estimate of drug-likeness (QED) is 0.916. The molecule has 0 spiro atoms. The second kappa shape index (κ2) is 7.41. The van der Waals surface area contributed by atoms with Crippen molar-refractivity contribution in [2.75, 3.05) is 19.7 Å². The zero-order valence-electron chi connectivity index (χ0n) is 15.1. The van der Waals surface area contributed by atoms with E-state index in [2.05, 4.69) is 10.3 Å². The molecule has 0 saturated carbocycles. The highest BCUT2D eigenvalue weighted by Crippen LogP contribution is 2.26. The Kier molecular flexibility index (Phi) is 4.84. The minimum atomic E-state index is 0.00114. The molecule has 1 N–H and O–H groups in total. The molecule has 26 heavy (non-hydrogen) atoms. The second-order valence-electron chi connectivity index (χ2n) is 6.75. The molecular weight excluding hydrogens is 328 g/mol. The number of amides is 1. The van der Waals surface area contributed by atoms with Gasteiger partial charge in [0.1, 0.15) is 11.6 Å². The summed E-state index contributed by atoms with van der Waals surface area (Å²) in [5.41, 5.74) is 2.73. The molecule has 0 radical (unpaired) electrons. The molecule has 136 valence electrons. The summed E-state index contributed by atoms with van der Waals surface area (Å²) >= 11 is 0. The van der Waals surface area contributed by atoms with Gasteiger partial charge >= 0.3 is 0 Å². The number of fused-ring (bicyclic) bond motifs is 1. The van der Waals surface area contributed by atoms with Crippen LogP contribution >= 0.6 is 0 Å². The molecule has 2 aliphatic heterocycles. The molecule has 1 amide bonds. The van der Waals surface area contributed by atoms with Gasteiger partial charge < -0.3 is 15.0 Å². The van der Waals surface area contributed by atoms with Gasteiger partial charge in [0.05, 0.1) is 23.9 Å². The van der Waals surface area contributed by atoms with Crippen LogP contribution in [0.15, 0.2) is 30.5 Å². The van der Waals surface area contributed by atoms with E-state index in [1.165, 1.54) is 6.42 Å². The molecule has 1 fully saturated rings. The maximum Gasteiger partial charge on any atom is 0.257 e. The number of carbonyl (C=O) groups is 1. The lowest BCUT2D eigenvalue weighted by Gasteiger charge is -2.29. The first-order valence-corrected chi connectivity index (χ1v) is 9.35. The maximum absolute atomic E-state index is 13.0. The van der Waals surface area contributed by atoms with Gasteiger partial charge in [0.25, 0.3) is 5.91 Å². The number of hydrogen-bond donors (Lipinski definition) is 1. The van der Waals surface area contributed by atoms with Crippen molar-refractivity contribution in [2.45, 2.75) is 38.8 Å². The maximum atomic E-state index is 13.0. The van der Waals surface area contributed by atoms with Crippen LogP contribution in [0.3, 0.4) is 0 Å². The third kappa shape index (κ3) is 3.29. The smallest absolute Gasteiger partial charge is 0.257 e. The Hall–Kier alpha value is -2.47. The van der Waals surface area contributed by atoms with E-state index in [9.17, 15) is 4.79 Å². The van der Waals surface area contributed by atoms with Crippen LogP contribution < -0.4 is 10.1 Å². The number of benzene rings is 1. The van der Waals surface area contributed by atoms with E-state index in [-0.39, 0.29) is 11.9 Å². The van der Waals surface area contributed by atoms with Crippen molar-refractivity contribution in [2.24, 2.45) is 0 Å². The monoisotopic (exact) mass is 352 g/mol. The Bertz CT molecular complexity index is 802. The van der Waals surface area contributed by atoms with Gasteiger partial charge in [0.2, 0.25) is 0 Å². The van der Waals surface area contributed by atoms with Gasteiger partial charge in [-0.2, -0.15) is 0 Å².